The molecule has 3 nitrogen and oxygen atoms in total. The van der Waals surface area contributed by atoms with Crippen LogP contribution in [0, 0.1) is 0 Å². The number of rotatable bonds is 5. The number of hydrogen-bond acceptors (Lipinski definition) is 2. The van der Waals surface area contributed by atoms with Crippen LogP contribution in [0.2, 0.25) is 0 Å². The van der Waals surface area contributed by atoms with Gasteiger partial charge >= 0.3 is 0 Å². The highest BCUT2D eigenvalue weighted by molar-refractivity contribution is 9.10. The fraction of sp³-hybridized carbons (Fsp3) is 0.400. The summed E-state index contributed by atoms with van der Waals surface area (Å²) >= 11 is 5.16. The zero-order valence-electron chi connectivity index (χ0n) is 11.9. The van der Waals surface area contributed by atoms with Gasteiger partial charge in [-0.25, -0.2) is 0 Å². The van der Waals surface area contributed by atoms with Crippen LogP contribution >= 0.6 is 27.3 Å². The molecule has 0 aliphatic heterocycles. The molecule has 0 spiro atoms. The Morgan fingerprint density at radius 3 is 2.80 bits per heavy atom. The maximum absolute atomic E-state index is 12.4. The van der Waals surface area contributed by atoms with Crippen LogP contribution in [0.25, 0.3) is 0 Å². The second kappa shape index (κ2) is 6.59. The van der Waals surface area contributed by atoms with Crippen molar-refractivity contribution in [1.29, 1.82) is 0 Å². The third-order valence-electron chi connectivity index (χ3n) is 3.07. The summed E-state index contributed by atoms with van der Waals surface area (Å²) in [5.41, 5.74) is 0.699. The van der Waals surface area contributed by atoms with Gasteiger partial charge in [-0.3, -0.25) is 4.79 Å². The molecule has 1 amide bonds. The molecule has 1 atom stereocenters. The summed E-state index contributed by atoms with van der Waals surface area (Å²) in [5.74, 6) is -0.0199. The van der Waals surface area contributed by atoms with Crippen LogP contribution in [0.1, 0.15) is 42.2 Å². The van der Waals surface area contributed by atoms with Crippen molar-refractivity contribution in [3.63, 3.8) is 0 Å². The number of nitrogens with zero attached hydrogens (tertiary/aromatic N) is 1. The number of hydrogen-bond donors (Lipinski definition) is 1. The summed E-state index contributed by atoms with van der Waals surface area (Å²) < 4.78 is 2.92. The first-order chi connectivity index (χ1) is 9.47. The van der Waals surface area contributed by atoms with Crippen molar-refractivity contribution in [2.24, 2.45) is 0 Å². The van der Waals surface area contributed by atoms with Crippen LogP contribution in [0.15, 0.2) is 34.2 Å². The van der Waals surface area contributed by atoms with Crippen LogP contribution < -0.4 is 5.32 Å². The SMILES string of the molecule is CC(Cc1cccs1)NC(=O)c1cc(Br)cn1C(C)C. The fourth-order valence-corrected chi connectivity index (χ4v) is 3.41. The minimum Gasteiger partial charge on any atom is -0.348 e. The van der Waals surface area contributed by atoms with Gasteiger partial charge < -0.3 is 9.88 Å². The lowest BCUT2D eigenvalue weighted by Gasteiger charge is -2.16. The first-order valence-corrected chi connectivity index (χ1v) is 8.35. The molecule has 0 aromatic carbocycles. The van der Waals surface area contributed by atoms with Crippen LogP contribution in [0.5, 0.6) is 0 Å². The molecule has 5 heteroatoms. The number of carbonyl (C=O) groups is 1. The summed E-state index contributed by atoms with van der Waals surface area (Å²) in [4.78, 5) is 13.7. The van der Waals surface area contributed by atoms with E-state index >= 15 is 0 Å². The van der Waals surface area contributed by atoms with E-state index in [9.17, 15) is 4.79 Å². The number of carbonyl (C=O) groups excluding carboxylic acids is 1. The second-order valence-electron chi connectivity index (χ2n) is 5.20. The summed E-state index contributed by atoms with van der Waals surface area (Å²) in [7, 11) is 0. The van der Waals surface area contributed by atoms with Crippen LogP contribution in [0.4, 0.5) is 0 Å². The Labute approximate surface area is 132 Å². The minimum atomic E-state index is -0.0199. The Balaban J connectivity index is 2.04. The number of thiophene rings is 1. The smallest absolute Gasteiger partial charge is 0.268 e. The molecule has 0 saturated heterocycles. The molecular weight excluding hydrogens is 336 g/mol. The first-order valence-electron chi connectivity index (χ1n) is 6.68. The van der Waals surface area contributed by atoms with Gasteiger partial charge in [-0.2, -0.15) is 0 Å². The average Bonchev–Trinajstić information content (AvgIpc) is 2.97. The van der Waals surface area contributed by atoms with Crippen molar-refractivity contribution in [2.75, 3.05) is 0 Å². The topological polar surface area (TPSA) is 34.0 Å². The average molecular weight is 355 g/mol. The van der Waals surface area contributed by atoms with Crippen molar-refractivity contribution in [2.45, 2.75) is 39.3 Å². The minimum absolute atomic E-state index is 0.0199. The molecule has 2 rings (SSSR count). The lowest BCUT2D eigenvalue weighted by Crippen LogP contribution is -2.35. The molecule has 0 fully saturated rings. The van der Waals surface area contributed by atoms with Crippen molar-refractivity contribution in [1.82, 2.24) is 9.88 Å². The van der Waals surface area contributed by atoms with Crippen LogP contribution in [-0.2, 0) is 6.42 Å². The Morgan fingerprint density at radius 1 is 1.45 bits per heavy atom. The highest BCUT2D eigenvalue weighted by Gasteiger charge is 2.17. The Hall–Kier alpha value is -1.07. The van der Waals surface area contributed by atoms with Crippen molar-refractivity contribution < 1.29 is 4.79 Å². The molecule has 1 unspecified atom stereocenters. The number of nitrogens with one attached hydrogen (secondary N) is 1. The molecule has 2 heterocycles. The van der Waals surface area contributed by atoms with E-state index < -0.39 is 0 Å². The molecule has 2 aromatic rings. The number of halogens is 1. The Kier molecular flexibility index (Phi) is 5.05. The predicted molar refractivity (Wildman–Crippen MR) is 87.5 cm³/mol. The molecule has 0 aliphatic carbocycles. The van der Waals surface area contributed by atoms with Gasteiger partial charge in [-0.1, -0.05) is 6.07 Å². The third-order valence-corrected chi connectivity index (χ3v) is 4.40. The van der Waals surface area contributed by atoms with E-state index in [4.69, 9.17) is 0 Å². The van der Waals surface area contributed by atoms with E-state index in [-0.39, 0.29) is 18.0 Å². The van der Waals surface area contributed by atoms with E-state index in [1.54, 1.807) is 11.3 Å². The molecule has 0 aliphatic rings. The van der Waals surface area contributed by atoms with E-state index in [0.29, 0.717) is 5.69 Å². The van der Waals surface area contributed by atoms with Gasteiger partial charge in [0.2, 0.25) is 0 Å². The Bertz CT molecular complexity index is 575. The van der Waals surface area contributed by atoms with Crippen LogP contribution in [0.3, 0.4) is 0 Å². The highest BCUT2D eigenvalue weighted by Crippen LogP contribution is 2.19. The van der Waals surface area contributed by atoms with E-state index in [1.165, 1.54) is 4.88 Å². The summed E-state index contributed by atoms with van der Waals surface area (Å²) in [6.45, 7) is 6.17. The second-order valence-corrected chi connectivity index (χ2v) is 7.15. The standard InChI is InChI=1S/C15H19BrN2OS/c1-10(2)18-9-12(16)8-14(18)15(19)17-11(3)7-13-5-4-6-20-13/h4-6,8-11H,7H2,1-3H3,(H,17,19). The summed E-state index contributed by atoms with van der Waals surface area (Å²) in [5, 5.41) is 5.13. The molecule has 2 aromatic heterocycles. The van der Waals surface area contributed by atoms with Gasteiger partial charge in [-0.05, 0) is 54.2 Å². The zero-order valence-corrected chi connectivity index (χ0v) is 14.3. The predicted octanol–water partition coefficient (Wildman–Crippen LogP) is 4.25. The molecule has 0 radical (unpaired) electrons. The quantitative estimate of drug-likeness (QED) is 0.855. The lowest BCUT2D eigenvalue weighted by molar-refractivity contribution is 0.0929. The zero-order chi connectivity index (χ0) is 14.7. The van der Waals surface area contributed by atoms with Crippen molar-refractivity contribution in [3.05, 3.63) is 44.8 Å². The molecule has 0 bridgehead atoms. The fourth-order valence-electron chi connectivity index (χ4n) is 2.13. The van der Waals surface area contributed by atoms with Gasteiger partial charge in [0.05, 0.1) is 0 Å². The number of amides is 1. The van der Waals surface area contributed by atoms with Crippen LogP contribution in [-0.4, -0.2) is 16.5 Å². The van der Waals surface area contributed by atoms with Gasteiger partial charge in [-0.15, -0.1) is 11.3 Å². The van der Waals surface area contributed by atoms with Gasteiger partial charge in [0.25, 0.3) is 5.91 Å². The molecule has 20 heavy (non-hydrogen) atoms. The van der Waals surface area contributed by atoms with E-state index in [2.05, 4.69) is 46.5 Å². The maximum Gasteiger partial charge on any atom is 0.268 e. The van der Waals surface area contributed by atoms with E-state index in [1.807, 2.05) is 29.8 Å². The number of aromatic nitrogens is 1. The van der Waals surface area contributed by atoms with Gasteiger partial charge in [0.15, 0.2) is 0 Å². The Morgan fingerprint density at radius 2 is 2.20 bits per heavy atom. The van der Waals surface area contributed by atoms with Crippen molar-refractivity contribution >= 4 is 33.2 Å². The van der Waals surface area contributed by atoms with E-state index in [0.717, 1.165) is 10.9 Å². The molecule has 0 saturated carbocycles. The van der Waals surface area contributed by atoms with Gasteiger partial charge in [0.1, 0.15) is 5.69 Å². The largest absolute Gasteiger partial charge is 0.348 e. The van der Waals surface area contributed by atoms with Gasteiger partial charge in [0, 0.05) is 34.1 Å². The summed E-state index contributed by atoms with van der Waals surface area (Å²) in [6, 6.07) is 6.38. The normalized spacial score (nSPS) is 12.7. The molecule has 1 N–H and O–H groups in total. The first kappa shape index (κ1) is 15.3. The maximum atomic E-state index is 12.4. The summed E-state index contributed by atoms with van der Waals surface area (Å²) in [6.07, 6.45) is 2.82. The highest BCUT2D eigenvalue weighted by atomic mass is 79.9. The third kappa shape index (κ3) is 3.73. The van der Waals surface area contributed by atoms with Crippen molar-refractivity contribution in [3.8, 4) is 0 Å². The molecule has 108 valence electrons. The molecular formula is C15H19BrN2OS. The monoisotopic (exact) mass is 354 g/mol. The lowest BCUT2D eigenvalue weighted by atomic mass is 10.2.